The van der Waals surface area contributed by atoms with Gasteiger partial charge in [-0.1, -0.05) is 95.9 Å². The molecule has 63 heavy (non-hydrogen) atoms. The van der Waals surface area contributed by atoms with E-state index in [4.69, 9.17) is 40.8 Å². The minimum Gasteiger partial charge on any atom is -0.446 e. The van der Waals surface area contributed by atoms with Gasteiger partial charge in [0.05, 0.1) is 39.0 Å². The number of carbonyl (C=O) groups excluding carboxylic acids is 1. The van der Waals surface area contributed by atoms with Gasteiger partial charge in [-0.2, -0.15) is 0 Å². The molecular weight excluding hydrogens is 818 g/mol. The maximum absolute atomic E-state index is 13.5. The number of carbonyl (C=O) groups is 1. The molecule has 0 heterocycles. The van der Waals surface area contributed by atoms with Gasteiger partial charge in [0.2, 0.25) is 0 Å². The van der Waals surface area contributed by atoms with Crippen molar-refractivity contribution >= 4 is 32.0 Å². The normalized spacial score (nSPS) is 28.5. The van der Waals surface area contributed by atoms with Crippen molar-refractivity contribution in [2.24, 2.45) is 62.8 Å². The maximum Gasteiger partial charge on any atom is 0.407 e. The first kappa shape index (κ1) is 50.5. The van der Waals surface area contributed by atoms with Gasteiger partial charge in [-0.15, -0.1) is 0 Å². The van der Waals surface area contributed by atoms with Crippen molar-refractivity contribution in [3.05, 3.63) is 47.5 Å². The molecule has 354 valence electrons. The molecule has 4 aliphatic rings. The summed E-state index contributed by atoms with van der Waals surface area (Å²) in [5, 5.41) is 25.6. The second-order valence-electron chi connectivity index (χ2n) is 19.4. The van der Waals surface area contributed by atoms with Crippen LogP contribution in [0.15, 0.2) is 47.0 Å². The van der Waals surface area contributed by atoms with E-state index in [9.17, 15) is 9.36 Å². The molecule has 3 saturated carbocycles. The van der Waals surface area contributed by atoms with E-state index < -0.39 is 13.8 Å². The molecule has 15 nitrogen and oxygen atoms in total. The number of rotatable bonds is 25. The van der Waals surface area contributed by atoms with Gasteiger partial charge in [-0.05, 0) is 103 Å². The molecule has 3 fully saturated rings. The third-order valence-corrected chi connectivity index (χ3v) is 16.4. The van der Waals surface area contributed by atoms with Crippen molar-refractivity contribution in [3.8, 4) is 0 Å². The van der Waals surface area contributed by atoms with E-state index in [0.717, 1.165) is 60.3 Å². The molecule has 9 unspecified atom stereocenters. The topological polar surface area (TPSA) is 231 Å². The Kier molecular flexibility index (Phi) is 19.4. The summed E-state index contributed by atoms with van der Waals surface area (Å²) >= 11 is 0. The fraction of sp³-hybridized carbons (Fsp3) is 0.745. The fourth-order valence-corrected chi connectivity index (χ4v) is 12.9. The van der Waals surface area contributed by atoms with E-state index in [1.165, 1.54) is 56.9 Å². The Balaban J connectivity index is 1.08. The number of hydrogen-bond acceptors (Lipinski definition) is 9. The second-order valence-corrected chi connectivity index (χ2v) is 21.2. The number of guanidine groups is 2. The largest absolute Gasteiger partial charge is 0.446 e. The standard InChI is InChI=1S/C47H80N9O6P/c1-33(2)10-9-11-34(3)40-16-17-41-39-15-14-36-31-38(18-20-46(36,4)42(39)19-21-47(40,41)5)62-45(57)56-37(30-35-12-7-6-8-13-35)32-52-22-26-59-27-25-55-63(58,60-28-23-53-43(48)49)61-29-24-54-44(50)51/h6-8,12-14,32-34,37-42H,9-11,15-31H2,1-5H3,(H,55,58)(H,56,57)(H4,48,49,53)(H4,50,51,54)/b52-32+. The molecule has 0 spiro atoms. The average Bonchev–Trinajstić information content (AvgIpc) is 3.59. The van der Waals surface area contributed by atoms with Crippen molar-refractivity contribution in [2.75, 3.05) is 52.6 Å². The molecule has 5 rings (SSSR count). The van der Waals surface area contributed by atoms with Crippen LogP contribution in [0.3, 0.4) is 0 Å². The minimum atomic E-state index is -3.72. The number of hydrogen-bond donors (Lipinski definition) is 8. The van der Waals surface area contributed by atoms with Gasteiger partial charge in [0.15, 0.2) is 11.9 Å². The summed E-state index contributed by atoms with van der Waals surface area (Å²) in [5.74, 6) is 4.31. The molecule has 1 aromatic carbocycles. The van der Waals surface area contributed by atoms with Crippen LogP contribution in [-0.4, -0.2) is 89.0 Å². The van der Waals surface area contributed by atoms with Crippen LogP contribution in [0.1, 0.15) is 111 Å². The Labute approximate surface area is 377 Å². The Bertz CT molecular complexity index is 1710. The highest BCUT2D eigenvalue weighted by Crippen LogP contribution is 2.67. The van der Waals surface area contributed by atoms with Gasteiger partial charge in [0, 0.05) is 32.3 Å². The van der Waals surface area contributed by atoms with Gasteiger partial charge >= 0.3 is 13.8 Å². The number of aliphatic imine (C=N–C) groups is 1. The van der Waals surface area contributed by atoms with Crippen LogP contribution in [0.2, 0.25) is 0 Å². The lowest BCUT2D eigenvalue weighted by Crippen LogP contribution is -2.51. The monoisotopic (exact) mass is 898 g/mol. The molecule has 10 N–H and O–H groups in total. The van der Waals surface area contributed by atoms with E-state index in [0.29, 0.717) is 25.0 Å². The third-order valence-electron chi connectivity index (χ3n) is 14.7. The highest BCUT2D eigenvalue weighted by Gasteiger charge is 2.59. The number of nitrogens with two attached hydrogens (primary N) is 2. The van der Waals surface area contributed by atoms with Crippen molar-refractivity contribution in [1.82, 2.24) is 21.0 Å². The number of amides is 1. The van der Waals surface area contributed by atoms with Crippen molar-refractivity contribution in [3.63, 3.8) is 0 Å². The van der Waals surface area contributed by atoms with E-state index in [2.05, 4.69) is 66.7 Å². The summed E-state index contributed by atoms with van der Waals surface area (Å²) in [6, 6.07) is 9.65. The van der Waals surface area contributed by atoms with Gasteiger partial charge in [0.25, 0.3) is 0 Å². The van der Waals surface area contributed by atoms with Crippen LogP contribution >= 0.6 is 7.75 Å². The molecule has 0 radical (unpaired) electrons. The van der Waals surface area contributed by atoms with Crippen LogP contribution in [-0.2, 0) is 29.5 Å². The summed E-state index contributed by atoms with van der Waals surface area (Å²) in [6.45, 7) is 13.8. The van der Waals surface area contributed by atoms with Crippen molar-refractivity contribution in [1.29, 1.82) is 10.8 Å². The molecule has 1 amide bonds. The number of benzene rings is 1. The first-order valence-corrected chi connectivity index (χ1v) is 25.2. The van der Waals surface area contributed by atoms with Gasteiger partial charge < -0.3 is 36.9 Å². The summed E-state index contributed by atoms with van der Waals surface area (Å²) in [7, 11) is -3.72. The van der Waals surface area contributed by atoms with Crippen LogP contribution < -0.4 is 32.5 Å². The average molecular weight is 898 g/mol. The first-order chi connectivity index (χ1) is 30.1. The van der Waals surface area contributed by atoms with Crippen molar-refractivity contribution in [2.45, 2.75) is 124 Å². The zero-order chi connectivity index (χ0) is 45.5. The third kappa shape index (κ3) is 14.8. The molecule has 0 aliphatic heterocycles. The lowest BCUT2D eigenvalue weighted by atomic mass is 9.47. The minimum absolute atomic E-state index is 0.0247. The molecule has 1 aromatic rings. The van der Waals surface area contributed by atoms with Crippen molar-refractivity contribution < 1.29 is 27.9 Å². The van der Waals surface area contributed by atoms with E-state index >= 15 is 0 Å². The van der Waals surface area contributed by atoms with E-state index in [1.54, 1.807) is 6.21 Å². The molecule has 0 bridgehead atoms. The molecule has 9 atom stereocenters. The summed E-state index contributed by atoms with van der Waals surface area (Å²) in [6.07, 6.45) is 17.8. The lowest BCUT2D eigenvalue weighted by molar-refractivity contribution is -0.0581. The number of allylic oxidation sites excluding steroid dienone is 1. The van der Waals surface area contributed by atoms with Gasteiger partial charge in [-0.3, -0.25) is 24.9 Å². The summed E-state index contributed by atoms with van der Waals surface area (Å²) < 4.78 is 36.0. The Hall–Kier alpha value is -3.49. The smallest absolute Gasteiger partial charge is 0.407 e. The lowest BCUT2D eigenvalue weighted by Gasteiger charge is -2.58. The fourth-order valence-electron chi connectivity index (χ4n) is 11.6. The Morgan fingerprint density at radius 3 is 2.32 bits per heavy atom. The second kappa shape index (κ2) is 24.2. The zero-order valence-corrected chi connectivity index (χ0v) is 39.7. The Morgan fingerprint density at radius 1 is 0.921 bits per heavy atom. The zero-order valence-electron chi connectivity index (χ0n) is 38.8. The van der Waals surface area contributed by atoms with Crippen LogP contribution in [0.25, 0.3) is 0 Å². The molecule has 0 aromatic heterocycles. The van der Waals surface area contributed by atoms with Gasteiger partial charge in [-0.25, -0.2) is 14.4 Å². The number of ether oxygens (including phenoxy) is 2. The first-order valence-electron chi connectivity index (χ1n) is 23.7. The highest BCUT2D eigenvalue weighted by molar-refractivity contribution is 7.51. The van der Waals surface area contributed by atoms with Crippen LogP contribution in [0.4, 0.5) is 4.79 Å². The molecular formula is C47H80N9O6P. The molecule has 4 aliphatic carbocycles. The predicted octanol–water partition coefficient (Wildman–Crippen LogP) is 7.52. The predicted molar refractivity (Wildman–Crippen MR) is 252 cm³/mol. The van der Waals surface area contributed by atoms with E-state index in [1.807, 2.05) is 30.3 Å². The highest BCUT2D eigenvalue weighted by atomic mass is 31.2. The molecule has 0 saturated heterocycles. The van der Waals surface area contributed by atoms with E-state index in [-0.39, 0.29) is 68.9 Å². The number of fused-ring (bicyclic) bond motifs is 5. The maximum atomic E-state index is 13.5. The quantitative estimate of drug-likeness (QED) is 0.0157. The SMILES string of the molecule is CC(C)CCCC(C)C1CCC2C3CC=C4CC(OC(=O)NC(/C=N/CCOCCNP(=O)(OCCNC(=N)N)OCCNC(=N)N)Cc5ccccc5)CCC4(C)C3CCC12C. The number of alkyl carbamates (subject to hydrolysis) is 1. The van der Waals surface area contributed by atoms with Crippen LogP contribution in [0.5, 0.6) is 0 Å². The molecule has 16 heteroatoms. The summed E-state index contributed by atoms with van der Waals surface area (Å²) in [5.41, 5.74) is 13.8. The van der Waals surface area contributed by atoms with Gasteiger partial charge in [0.1, 0.15) is 6.10 Å². The Morgan fingerprint density at radius 2 is 1.63 bits per heavy atom. The number of nitrogens with zero attached hydrogens (tertiary/aromatic N) is 1. The number of nitrogens with one attached hydrogen (secondary N) is 6. The van der Waals surface area contributed by atoms with Crippen LogP contribution in [0, 0.1) is 57.2 Å². The summed E-state index contributed by atoms with van der Waals surface area (Å²) in [4.78, 5) is 18.1.